The molecular weight excluding hydrogens is 274 g/mol. The summed E-state index contributed by atoms with van der Waals surface area (Å²) < 4.78 is 0. The van der Waals surface area contributed by atoms with Crippen molar-refractivity contribution in [3.8, 4) is 0 Å². The third-order valence-corrected chi connectivity index (χ3v) is 5.49. The first-order chi connectivity index (χ1) is 10.1. The summed E-state index contributed by atoms with van der Waals surface area (Å²) in [4.78, 5) is 19.3. The molecule has 2 amide bonds. The van der Waals surface area contributed by atoms with Gasteiger partial charge in [0.15, 0.2) is 0 Å². The highest BCUT2D eigenvalue weighted by Gasteiger charge is 2.33. The largest absolute Gasteiger partial charge is 0.325 e. The summed E-state index contributed by atoms with van der Waals surface area (Å²) >= 11 is 0. The van der Waals surface area contributed by atoms with Gasteiger partial charge in [-0.2, -0.15) is 0 Å². The molecule has 2 saturated heterocycles. The Bertz CT molecular complexity index is 342. The molecule has 22 heavy (non-hydrogen) atoms. The van der Waals surface area contributed by atoms with Gasteiger partial charge in [0.05, 0.1) is 0 Å². The molecule has 0 saturated carbocycles. The van der Waals surface area contributed by atoms with Crippen molar-refractivity contribution in [2.24, 2.45) is 11.3 Å². The number of carbonyl (C=O) groups excluding carboxylic acids is 1. The maximum atomic E-state index is 12.7. The van der Waals surface area contributed by atoms with Gasteiger partial charge in [-0.05, 0) is 44.9 Å². The average Bonchev–Trinajstić information content (AvgIpc) is 2.45. The van der Waals surface area contributed by atoms with E-state index in [1.807, 2.05) is 0 Å². The minimum absolute atomic E-state index is 0.209. The second-order valence-corrected chi connectivity index (χ2v) is 9.05. The molecule has 0 atom stereocenters. The molecule has 0 aliphatic carbocycles. The minimum Gasteiger partial charge on any atom is -0.325 e. The lowest BCUT2D eigenvalue weighted by molar-refractivity contribution is 0.0548. The molecule has 0 N–H and O–H groups in total. The van der Waals surface area contributed by atoms with Crippen LogP contribution in [-0.4, -0.2) is 65.5 Å². The van der Waals surface area contributed by atoms with Crippen molar-refractivity contribution in [2.45, 2.75) is 59.9 Å². The molecular formula is C18H35N3O. The van der Waals surface area contributed by atoms with E-state index in [9.17, 15) is 4.79 Å². The number of piperidine rings is 1. The molecule has 2 aliphatic rings. The Kier molecular flexibility index (Phi) is 5.10. The summed E-state index contributed by atoms with van der Waals surface area (Å²) in [6.45, 7) is 19.3. The zero-order valence-electron chi connectivity index (χ0n) is 15.5. The van der Waals surface area contributed by atoms with Gasteiger partial charge in [0.25, 0.3) is 0 Å². The fraction of sp³-hybridized carbons (Fsp3) is 0.944. The van der Waals surface area contributed by atoms with Crippen molar-refractivity contribution in [2.75, 3.05) is 39.3 Å². The van der Waals surface area contributed by atoms with Crippen LogP contribution in [0.1, 0.15) is 54.4 Å². The van der Waals surface area contributed by atoms with Crippen molar-refractivity contribution in [3.63, 3.8) is 0 Å². The average molecular weight is 309 g/mol. The first-order valence-corrected chi connectivity index (χ1v) is 8.88. The summed E-state index contributed by atoms with van der Waals surface area (Å²) in [5.41, 5.74) is 0.577. The molecule has 0 spiro atoms. The smallest absolute Gasteiger partial charge is 0.320 e. The second kappa shape index (κ2) is 6.38. The quantitative estimate of drug-likeness (QED) is 0.686. The van der Waals surface area contributed by atoms with Gasteiger partial charge in [-0.15, -0.1) is 0 Å². The lowest BCUT2D eigenvalue weighted by Crippen LogP contribution is -2.57. The zero-order chi connectivity index (χ0) is 16.5. The Morgan fingerprint density at radius 2 is 1.23 bits per heavy atom. The topological polar surface area (TPSA) is 26.8 Å². The highest BCUT2D eigenvalue weighted by Crippen LogP contribution is 2.34. The highest BCUT2D eigenvalue weighted by atomic mass is 16.2. The van der Waals surface area contributed by atoms with Crippen LogP contribution in [0.2, 0.25) is 0 Å². The van der Waals surface area contributed by atoms with E-state index >= 15 is 0 Å². The Morgan fingerprint density at radius 3 is 1.64 bits per heavy atom. The third-order valence-electron chi connectivity index (χ3n) is 5.49. The lowest BCUT2D eigenvalue weighted by Gasteiger charge is -2.45. The molecule has 0 aromatic rings. The number of amides is 2. The molecule has 4 nitrogen and oxygen atoms in total. The molecule has 2 heterocycles. The fourth-order valence-corrected chi connectivity index (χ4v) is 3.71. The summed E-state index contributed by atoms with van der Waals surface area (Å²) in [6, 6.07) is 0.265. The Labute approximate surface area is 136 Å². The van der Waals surface area contributed by atoms with E-state index < -0.39 is 0 Å². The van der Waals surface area contributed by atoms with Crippen molar-refractivity contribution >= 4 is 6.03 Å². The molecule has 0 bridgehead atoms. The molecule has 128 valence electrons. The van der Waals surface area contributed by atoms with Crippen LogP contribution in [0.25, 0.3) is 0 Å². The first kappa shape index (κ1) is 17.6. The van der Waals surface area contributed by atoms with E-state index in [2.05, 4.69) is 56.2 Å². The van der Waals surface area contributed by atoms with Crippen LogP contribution in [-0.2, 0) is 0 Å². The number of piperazine rings is 1. The number of hydrogen-bond donors (Lipinski definition) is 0. The van der Waals surface area contributed by atoms with Crippen LogP contribution < -0.4 is 0 Å². The normalized spacial score (nSPS) is 23.0. The SMILES string of the molecule is CC(C)(C)C1CCN(C(=O)N2CCN(C(C)(C)C)CC2)CC1. The maximum absolute atomic E-state index is 12.7. The van der Waals surface area contributed by atoms with Crippen LogP contribution in [0.4, 0.5) is 4.79 Å². The number of carbonyl (C=O) groups is 1. The van der Waals surface area contributed by atoms with Gasteiger partial charge in [-0.3, -0.25) is 4.90 Å². The van der Waals surface area contributed by atoms with E-state index in [4.69, 9.17) is 0 Å². The molecule has 4 heteroatoms. The van der Waals surface area contributed by atoms with Gasteiger partial charge in [0.1, 0.15) is 0 Å². The van der Waals surface area contributed by atoms with Gasteiger partial charge in [-0.1, -0.05) is 20.8 Å². The number of rotatable bonds is 0. The van der Waals surface area contributed by atoms with E-state index in [1.54, 1.807) is 0 Å². The fourth-order valence-electron chi connectivity index (χ4n) is 3.71. The predicted molar refractivity (Wildman–Crippen MR) is 92.0 cm³/mol. The molecule has 0 aromatic heterocycles. The standard InChI is InChI=1S/C18H35N3O/c1-17(2,3)15-7-9-19(10-8-15)16(22)20-11-13-21(14-12-20)18(4,5)6/h15H,7-14H2,1-6H3. The molecule has 2 rings (SSSR count). The van der Waals surface area contributed by atoms with Crippen molar-refractivity contribution < 1.29 is 4.79 Å². The summed E-state index contributed by atoms with van der Waals surface area (Å²) in [5, 5.41) is 0. The monoisotopic (exact) mass is 309 g/mol. The number of likely N-dealkylation sites (tertiary alicyclic amines) is 1. The first-order valence-electron chi connectivity index (χ1n) is 8.88. The van der Waals surface area contributed by atoms with Gasteiger partial charge < -0.3 is 9.80 Å². The molecule has 0 unspecified atom stereocenters. The predicted octanol–water partition coefficient (Wildman–Crippen LogP) is 3.28. The van der Waals surface area contributed by atoms with Crippen molar-refractivity contribution in [1.82, 2.24) is 14.7 Å². The number of nitrogens with zero attached hydrogens (tertiary/aromatic N) is 3. The third kappa shape index (κ3) is 4.15. The molecule has 0 radical (unpaired) electrons. The number of urea groups is 1. The Balaban J connectivity index is 1.82. The molecule has 0 aromatic carbocycles. The van der Waals surface area contributed by atoms with Crippen LogP contribution in [0.15, 0.2) is 0 Å². The Hall–Kier alpha value is -0.770. The van der Waals surface area contributed by atoms with Gasteiger partial charge in [0.2, 0.25) is 0 Å². The van der Waals surface area contributed by atoms with Crippen LogP contribution in [0.5, 0.6) is 0 Å². The second-order valence-electron chi connectivity index (χ2n) is 9.05. The van der Waals surface area contributed by atoms with E-state index in [0.29, 0.717) is 5.41 Å². The Morgan fingerprint density at radius 1 is 0.773 bits per heavy atom. The maximum Gasteiger partial charge on any atom is 0.320 e. The van der Waals surface area contributed by atoms with E-state index in [1.165, 1.54) is 0 Å². The molecule has 2 aliphatic heterocycles. The van der Waals surface area contributed by atoms with Crippen LogP contribution in [0.3, 0.4) is 0 Å². The van der Waals surface area contributed by atoms with Crippen LogP contribution >= 0.6 is 0 Å². The van der Waals surface area contributed by atoms with Gasteiger partial charge in [-0.25, -0.2) is 4.79 Å². The summed E-state index contributed by atoms with van der Waals surface area (Å²) in [7, 11) is 0. The van der Waals surface area contributed by atoms with Crippen LogP contribution in [0, 0.1) is 11.3 Å². The van der Waals surface area contributed by atoms with Gasteiger partial charge in [0, 0.05) is 44.8 Å². The van der Waals surface area contributed by atoms with Gasteiger partial charge >= 0.3 is 6.03 Å². The minimum atomic E-state index is 0.209. The van der Waals surface area contributed by atoms with Crippen molar-refractivity contribution in [1.29, 1.82) is 0 Å². The lowest BCUT2D eigenvalue weighted by atomic mass is 9.75. The van der Waals surface area contributed by atoms with Crippen molar-refractivity contribution in [3.05, 3.63) is 0 Å². The van der Waals surface area contributed by atoms with E-state index in [-0.39, 0.29) is 11.6 Å². The molecule has 2 fully saturated rings. The summed E-state index contributed by atoms with van der Waals surface area (Å²) in [5.74, 6) is 0.745. The number of hydrogen-bond acceptors (Lipinski definition) is 2. The highest BCUT2D eigenvalue weighted by molar-refractivity contribution is 5.74. The zero-order valence-corrected chi connectivity index (χ0v) is 15.5. The van der Waals surface area contributed by atoms with E-state index in [0.717, 1.165) is 58.0 Å². The summed E-state index contributed by atoms with van der Waals surface area (Å²) in [6.07, 6.45) is 2.30.